The normalized spacial score (nSPS) is 12.1. The van der Waals surface area contributed by atoms with Gasteiger partial charge in [0.05, 0.1) is 11.6 Å². The molecule has 0 aliphatic heterocycles. The van der Waals surface area contributed by atoms with Crippen LogP contribution in [0.15, 0.2) is 40.2 Å². The lowest BCUT2D eigenvalue weighted by molar-refractivity contribution is 0.578. The standard InChI is InChI=1S/C14H13BrN2S/c1-10(12-4-2-11(8-16)3-5-12)17-9-14-13(15)6-7-18-14/h2-7,10,17H,9H2,1H3. The number of nitrogens with zero attached hydrogens (tertiary/aromatic N) is 1. The summed E-state index contributed by atoms with van der Waals surface area (Å²) >= 11 is 5.27. The van der Waals surface area contributed by atoms with Crippen LogP contribution in [0.4, 0.5) is 0 Å². The molecule has 1 unspecified atom stereocenters. The van der Waals surface area contributed by atoms with E-state index in [9.17, 15) is 0 Å². The molecule has 0 spiro atoms. The van der Waals surface area contributed by atoms with E-state index in [2.05, 4.69) is 45.7 Å². The number of nitrogens with one attached hydrogen (secondary N) is 1. The molecule has 0 fully saturated rings. The highest BCUT2D eigenvalue weighted by Gasteiger charge is 2.07. The molecule has 0 aliphatic rings. The number of halogens is 1. The van der Waals surface area contributed by atoms with Crippen LogP contribution in [0.5, 0.6) is 0 Å². The van der Waals surface area contributed by atoms with E-state index >= 15 is 0 Å². The molecule has 0 saturated heterocycles. The van der Waals surface area contributed by atoms with Crippen molar-refractivity contribution in [2.45, 2.75) is 19.5 Å². The first-order chi connectivity index (χ1) is 8.70. The molecule has 1 heterocycles. The Morgan fingerprint density at radius 3 is 2.61 bits per heavy atom. The van der Waals surface area contributed by atoms with Crippen LogP contribution >= 0.6 is 27.3 Å². The van der Waals surface area contributed by atoms with Crippen molar-refractivity contribution < 1.29 is 0 Å². The average molecular weight is 321 g/mol. The number of nitriles is 1. The minimum Gasteiger partial charge on any atom is -0.305 e. The Labute approximate surface area is 119 Å². The molecule has 0 amide bonds. The van der Waals surface area contributed by atoms with Gasteiger partial charge in [-0.1, -0.05) is 12.1 Å². The van der Waals surface area contributed by atoms with E-state index in [0.717, 1.165) is 11.0 Å². The van der Waals surface area contributed by atoms with Gasteiger partial charge in [0.2, 0.25) is 0 Å². The van der Waals surface area contributed by atoms with Crippen LogP contribution in [-0.4, -0.2) is 0 Å². The van der Waals surface area contributed by atoms with Gasteiger partial charge < -0.3 is 5.32 Å². The Kier molecular flexibility index (Phi) is 4.54. The van der Waals surface area contributed by atoms with E-state index in [1.807, 2.05) is 24.3 Å². The second-order valence-electron chi connectivity index (χ2n) is 4.03. The SMILES string of the molecule is CC(NCc1sccc1Br)c1ccc(C#N)cc1. The van der Waals surface area contributed by atoms with Gasteiger partial charge in [0.25, 0.3) is 0 Å². The zero-order valence-electron chi connectivity index (χ0n) is 9.98. The van der Waals surface area contributed by atoms with Crippen LogP contribution in [-0.2, 0) is 6.54 Å². The molecule has 18 heavy (non-hydrogen) atoms. The number of benzene rings is 1. The first kappa shape index (κ1) is 13.3. The second kappa shape index (κ2) is 6.14. The molecule has 0 aliphatic carbocycles. The van der Waals surface area contributed by atoms with Crippen LogP contribution in [0.1, 0.15) is 29.0 Å². The summed E-state index contributed by atoms with van der Waals surface area (Å²) < 4.78 is 1.16. The van der Waals surface area contributed by atoms with Crippen LogP contribution in [0.3, 0.4) is 0 Å². The maximum atomic E-state index is 8.76. The minimum absolute atomic E-state index is 0.270. The molecule has 1 aromatic heterocycles. The second-order valence-corrected chi connectivity index (χ2v) is 5.88. The molecule has 0 bridgehead atoms. The molecule has 4 heteroatoms. The Morgan fingerprint density at radius 2 is 2.06 bits per heavy atom. The first-order valence-corrected chi connectivity index (χ1v) is 7.33. The highest BCUT2D eigenvalue weighted by molar-refractivity contribution is 9.10. The maximum Gasteiger partial charge on any atom is 0.0991 e. The van der Waals surface area contributed by atoms with Gasteiger partial charge in [-0.05, 0) is 52.0 Å². The van der Waals surface area contributed by atoms with Crippen molar-refractivity contribution in [3.63, 3.8) is 0 Å². The molecular formula is C14H13BrN2S. The van der Waals surface area contributed by atoms with Crippen LogP contribution in [0, 0.1) is 11.3 Å². The minimum atomic E-state index is 0.270. The third kappa shape index (κ3) is 3.20. The molecule has 0 radical (unpaired) electrons. The molecule has 92 valence electrons. The topological polar surface area (TPSA) is 35.8 Å². The zero-order chi connectivity index (χ0) is 13.0. The van der Waals surface area contributed by atoms with E-state index in [-0.39, 0.29) is 6.04 Å². The highest BCUT2D eigenvalue weighted by atomic mass is 79.9. The summed E-state index contributed by atoms with van der Waals surface area (Å²) in [6.07, 6.45) is 0. The van der Waals surface area contributed by atoms with Crippen LogP contribution in [0.2, 0.25) is 0 Å². The van der Waals surface area contributed by atoms with Gasteiger partial charge in [-0.15, -0.1) is 11.3 Å². The smallest absolute Gasteiger partial charge is 0.0991 e. The van der Waals surface area contributed by atoms with Crippen molar-refractivity contribution >= 4 is 27.3 Å². The third-order valence-electron chi connectivity index (χ3n) is 2.80. The van der Waals surface area contributed by atoms with Crippen molar-refractivity contribution in [2.24, 2.45) is 0 Å². The lowest BCUT2D eigenvalue weighted by Crippen LogP contribution is -2.17. The first-order valence-electron chi connectivity index (χ1n) is 5.66. The molecule has 0 saturated carbocycles. The van der Waals surface area contributed by atoms with E-state index < -0.39 is 0 Å². The zero-order valence-corrected chi connectivity index (χ0v) is 12.4. The van der Waals surface area contributed by atoms with E-state index in [1.165, 1.54) is 10.4 Å². The molecule has 1 N–H and O–H groups in total. The summed E-state index contributed by atoms with van der Waals surface area (Å²) in [5.41, 5.74) is 1.90. The average Bonchev–Trinajstić information content (AvgIpc) is 2.81. The van der Waals surface area contributed by atoms with Gasteiger partial charge >= 0.3 is 0 Å². The van der Waals surface area contributed by atoms with Crippen LogP contribution in [0.25, 0.3) is 0 Å². The molecule has 2 nitrogen and oxygen atoms in total. The van der Waals surface area contributed by atoms with Gasteiger partial charge in [-0.25, -0.2) is 0 Å². The number of hydrogen-bond acceptors (Lipinski definition) is 3. The molecular weight excluding hydrogens is 308 g/mol. The maximum absolute atomic E-state index is 8.76. The van der Waals surface area contributed by atoms with Gasteiger partial charge in [-0.3, -0.25) is 0 Å². The lowest BCUT2D eigenvalue weighted by Gasteiger charge is -2.13. The molecule has 1 aromatic carbocycles. The Hall–Kier alpha value is -1.15. The summed E-state index contributed by atoms with van der Waals surface area (Å²) in [5.74, 6) is 0. The fraction of sp³-hybridized carbons (Fsp3) is 0.214. The fourth-order valence-corrected chi connectivity index (χ4v) is 3.10. The van der Waals surface area contributed by atoms with Crippen molar-refractivity contribution in [3.8, 4) is 6.07 Å². The Morgan fingerprint density at radius 1 is 1.33 bits per heavy atom. The summed E-state index contributed by atoms with van der Waals surface area (Å²) in [5, 5.41) is 14.3. The van der Waals surface area contributed by atoms with Crippen LogP contribution < -0.4 is 5.32 Å². The fourth-order valence-electron chi connectivity index (χ4n) is 1.66. The van der Waals surface area contributed by atoms with Crippen molar-refractivity contribution in [1.82, 2.24) is 5.32 Å². The van der Waals surface area contributed by atoms with Crippen molar-refractivity contribution in [1.29, 1.82) is 5.26 Å². The van der Waals surface area contributed by atoms with E-state index in [4.69, 9.17) is 5.26 Å². The van der Waals surface area contributed by atoms with E-state index in [0.29, 0.717) is 5.56 Å². The predicted octanol–water partition coefficient (Wildman–Crippen LogP) is 4.23. The van der Waals surface area contributed by atoms with Gasteiger partial charge in [-0.2, -0.15) is 5.26 Å². The number of thiophene rings is 1. The molecule has 1 atom stereocenters. The molecule has 2 aromatic rings. The van der Waals surface area contributed by atoms with Crippen molar-refractivity contribution in [3.05, 3.63) is 56.2 Å². The van der Waals surface area contributed by atoms with Gasteiger partial charge in [0.15, 0.2) is 0 Å². The summed E-state index contributed by atoms with van der Waals surface area (Å²) in [7, 11) is 0. The quantitative estimate of drug-likeness (QED) is 0.914. The highest BCUT2D eigenvalue weighted by Crippen LogP contribution is 2.23. The van der Waals surface area contributed by atoms with Gasteiger partial charge in [0, 0.05) is 21.9 Å². The predicted molar refractivity (Wildman–Crippen MR) is 78.4 cm³/mol. The largest absolute Gasteiger partial charge is 0.305 e. The summed E-state index contributed by atoms with van der Waals surface area (Å²) in [6.45, 7) is 2.97. The molecule has 2 rings (SSSR count). The van der Waals surface area contributed by atoms with Crippen molar-refractivity contribution in [2.75, 3.05) is 0 Å². The summed E-state index contributed by atoms with van der Waals surface area (Å²) in [6, 6.07) is 12.2. The Bertz CT molecular complexity index is 554. The Balaban J connectivity index is 1.97. The van der Waals surface area contributed by atoms with E-state index in [1.54, 1.807) is 11.3 Å². The number of rotatable bonds is 4. The lowest BCUT2D eigenvalue weighted by atomic mass is 10.1. The summed E-state index contributed by atoms with van der Waals surface area (Å²) in [4.78, 5) is 1.30. The third-order valence-corrected chi connectivity index (χ3v) is 4.73. The monoisotopic (exact) mass is 320 g/mol. The van der Waals surface area contributed by atoms with Gasteiger partial charge in [0.1, 0.15) is 0 Å². The number of hydrogen-bond donors (Lipinski definition) is 1.